The minimum absolute atomic E-state index is 0.501. The summed E-state index contributed by atoms with van der Waals surface area (Å²) < 4.78 is 12.5. The third kappa shape index (κ3) is 10.4. The molecule has 0 spiro atoms. The van der Waals surface area contributed by atoms with Gasteiger partial charge in [-0.1, -0.05) is 91.7 Å². The van der Waals surface area contributed by atoms with Gasteiger partial charge in [-0.2, -0.15) is 0 Å². The van der Waals surface area contributed by atoms with Crippen molar-refractivity contribution >= 4 is 16.1 Å². The van der Waals surface area contributed by atoms with Crippen molar-refractivity contribution in [2.75, 3.05) is 13.2 Å². The molecule has 0 bridgehead atoms. The van der Waals surface area contributed by atoms with Crippen LogP contribution in [-0.4, -0.2) is 29.4 Å². The molecule has 2 unspecified atom stereocenters. The highest BCUT2D eigenvalue weighted by atomic mass is 28.3. The Bertz CT molecular complexity index is 738. The molecule has 1 aromatic carbocycles. The quantitative estimate of drug-likeness (QED) is 0.319. The Balaban J connectivity index is 3.49. The van der Waals surface area contributed by atoms with Gasteiger partial charge in [0.15, 0.2) is 0 Å². The van der Waals surface area contributed by atoms with Gasteiger partial charge in [0.05, 0.1) is 24.3 Å². The summed E-state index contributed by atoms with van der Waals surface area (Å²) in [7, 11) is -3.02. The molecule has 0 fully saturated rings. The lowest BCUT2D eigenvalue weighted by atomic mass is 10.1. The van der Waals surface area contributed by atoms with Crippen molar-refractivity contribution in [1.82, 2.24) is 0 Å². The van der Waals surface area contributed by atoms with Crippen LogP contribution in [0.5, 0.6) is 11.5 Å². The maximum atomic E-state index is 6.23. The Morgan fingerprint density at radius 1 is 0.700 bits per heavy atom. The molecule has 0 saturated heterocycles. The van der Waals surface area contributed by atoms with E-state index in [2.05, 4.69) is 102 Å². The first-order chi connectivity index (χ1) is 13.8. The zero-order valence-electron chi connectivity index (χ0n) is 21.0. The van der Waals surface area contributed by atoms with E-state index >= 15 is 0 Å². The Kier molecular flexibility index (Phi) is 10.3. The smallest absolute Gasteiger partial charge is 0.136 e. The molecule has 0 saturated carbocycles. The highest BCUT2D eigenvalue weighted by Gasteiger charge is 2.15. The van der Waals surface area contributed by atoms with Crippen LogP contribution in [0.1, 0.15) is 51.7 Å². The Labute approximate surface area is 188 Å². The molecule has 0 amide bonds. The van der Waals surface area contributed by atoms with Crippen molar-refractivity contribution in [1.29, 1.82) is 0 Å². The minimum Gasteiger partial charge on any atom is -0.492 e. The molecule has 1 rings (SSSR count). The van der Waals surface area contributed by atoms with Crippen LogP contribution in [-0.2, 0) is 0 Å². The van der Waals surface area contributed by atoms with Crippen LogP contribution in [0.25, 0.3) is 0 Å². The Hall–Kier alpha value is -1.63. The second-order valence-electron chi connectivity index (χ2n) is 10.5. The topological polar surface area (TPSA) is 18.5 Å². The molecule has 0 heterocycles. The van der Waals surface area contributed by atoms with Gasteiger partial charge in [0.1, 0.15) is 27.6 Å². The van der Waals surface area contributed by atoms with Crippen LogP contribution in [0.2, 0.25) is 39.3 Å². The Morgan fingerprint density at radius 3 is 1.30 bits per heavy atom. The molecule has 0 N–H and O–H groups in total. The van der Waals surface area contributed by atoms with Gasteiger partial charge in [0.2, 0.25) is 0 Å². The average Bonchev–Trinajstić information content (AvgIpc) is 2.66. The maximum Gasteiger partial charge on any atom is 0.136 e. The van der Waals surface area contributed by atoms with Crippen LogP contribution in [0.15, 0.2) is 12.1 Å². The SMILES string of the molecule is CCC(C)COc1cc(C#C[Si](C)(C)C)c(OCC(C)CC)cc1C#C[Si](C)(C)C. The summed E-state index contributed by atoms with van der Waals surface area (Å²) >= 11 is 0. The molecule has 2 nitrogen and oxygen atoms in total. The Morgan fingerprint density at radius 2 is 1.03 bits per heavy atom. The van der Waals surface area contributed by atoms with E-state index in [1.807, 2.05) is 0 Å². The molecule has 2 atom stereocenters. The molecule has 1 aromatic rings. The van der Waals surface area contributed by atoms with Gasteiger partial charge in [0.25, 0.3) is 0 Å². The van der Waals surface area contributed by atoms with Crippen molar-refractivity contribution in [3.05, 3.63) is 23.3 Å². The van der Waals surface area contributed by atoms with Gasteiger partial charge >= 0.3 is 0 Å². The van der Waals surface area contributed by atoms with E-state index in [1.165, 1.54) is 0 Å². The predicted molar refractivity (Wildman–Crippen MR) is 137 cm³/mol. The largest absolute Gasteiger partial charge is 0.492 e. The lowest BCUT2D eigenvalue weighted by Gasteiger charge is -2.17. The number of benzene rings is 1. The summed E-state index contributed by atoms with van der Waals surface area (Å²) in [5.41, 5.74) is 8.80. The fraction of sp³-hybridized carbons (Fsp3) is 0.615. The number of ether oxygens (including phenoxy) is 2. The second kappa shape index (κ2) is 11.7. The zero-order chi connectivity index (χ0) is 22.9. The van der Waals surface area contributed by atoms with Crippen LogP contribution in [0.4, 0.5) is 0 Å². The fourth-order valence-corrected chi connectivity index (χ4v) is 3.22. The van der Waals surface area contributed by atoms with E-state index in [0.29, 0.717) is 25.0 Å². The van der Waals surface area contributed by atoms with E-state index in [0.717, 1.165) is 35.5 Å². The molecule has 0 aliphatic carbocycles. The molecule has 30 heavy (non-hydrogen) atoms. The standard InChI is InChI=1S/C26H42O2Si2/c1-11-21(3)19-27-25-17-24(14-16-30(8,9)10)26(28-20-22(4)12-2)18-23(25)13-15-29(5,6)7/h17-18,21-22H,11-12,19-20H2,1-10H3. The first-order valence-corrected chi connectivity index (χ1v) is 18.3. The van der Waals surface area contributed by atoms with E-state index in [9.17, 15) is 0 Å². The van der Waals surface area contributed by atoms with Crippen molar-refractivity contribution < 1.29 is 9.47 Å². The molecule has 0 aromatic heterocycles. The van der Waals surface area contributed by atoms with Gasteiger partial charge in [0, 0.05) is 12.1 Å². The minimum atomic E-state index is -1.51. The van der Waals surface area contributed by atoms with Crippen molar-refractivity contribution in [3.8, 4) is 34.4 Å². The second-order valence-corrected chi connectivity index (χ2v) is 20.0. The summed E-state index contributed by atoms with van der Waals surface area (Å²) in [5.74, 6) is 9.47. The van der Waals surface area contributed by atoms with Gasteiger partial charge in [-0.05, 0) is 11.8 Å². The van der Waals surface area contributed by atoms with Gasteiger partial charge in [-0.25, -0.2) is 0 Å². The molecule has 166 valence electrons. The average molecular weight is 443 g/mol. The molecule has 0 aliphatic heterocycles. The third-order valence-electron chi connectivity index (χ3n) is 4.67. The van der Waals surface area contributed by atoms with E-state index in [1.54, 1.807) is 0 Å². The molecule has 0 radical (unpaired) electrons. The van der Waals surface area contributed by atoms with Crippen LogP contribution >= 0.6 is 0 Å². The lowest BCUT2D eigenvalue weighted by Crippen LogP contribution is -2.17. The number of hydrogen-bond donors (Lipinski definition) is 0. The first-order valence-electron chi connectivity index (χ1n) is 11.3. The van der Waals surface area contributed by atoms with Gasteiger partial charge in [-0.3, -0.25) is 0 Å². The predicted octanol–water partition coefficient (Wildman–Crippen LogP) is 6.99. The lowest BCUT2D eigenvalue weighted by molar-refractivity contribution is 0.249. The molecule has 4 heteroatoms. The maximum absolute atomic E-state index is 6.23. The third-order valence-corrected chi connectivity index (χ3v) is 6.42. The molecular weight excluding hydrogens is 400 g/mol. The number of rotatable bonds is 8. The van der Waals surface area contributed by atoms with Crippen molar-refractivity contribution in [3.63, 3.8) is 0 Å². The van der Waals surface area contributed by atoms with Crippen LogP contribution in [0, 0.1) is 34.8 Å². The fourth-order valence-electron chi connectivity index (χ4n) is 2.20. The van der Waals surface area contributed by atoms with E-state index < -0.39 is 16.1 Å². The van der Waals surface area contributed by atoms with Crippen LogP contribution < -0.4 is 9.47 Å². The van der Waals surface area contributed by atoms with Crippen LogP contribution in [0.3, 0.4) is 0 Å². The van der Waals surface area contributed by atoms with Crippen molar-refractivity contribution in [2.45, 2.75) is 79.8 Å². The normalized spacial score (nSPS) is 13.4. The van der Waals surface area contributed by atoms with Crippen molar-refractivity contribution in [2.24, 2.45) is 11.8 Å². The summed E-state index contributed by atoms with van der Waals surface area (Å²) in [4.78, 5) is 0. The summed E-state index contributed by atoms with van der Waals surface area (Å²) in [6.45, 7) is 23.7. The number of hydrogen-bond acceptors (Lipinski definition) is 2. The van der Waals surface area contributed by atoms with E-state index in [4.69, 9.17) is 9.47 Å². The zero-order valence-corrected chi connectivity index (χ0v) is 23.0. The van der Waals surface area contributed by atoms with E-state index in [-0.39, 0.29) is 0 Å². The van der Waals surface area contributed by atoms with Gasteiger partial charge < -0.3 is 9.47 Å². The highest BCUT2D eigenvalue weighted by Crippen LogP contribution is 2.30. The first kappa shape index (κ1) is 26.4. The van der Waals surface area contributed by atoms with Gasteiger partial charge in [-0.15, -0.1) is 11.1 Å². The monoisotopic (exact) mass is 442 g/mol. The molecular formula is C26H42O2Si2. The summed E-state index contributed by atoms with van der Waals surface area (Å²) in [5, 5.41) is 0. The summed E-state index contributed by atoms with van der Waals surface area (Å²) in [6.07, 6.45) is 2.18. The highest BCUT2D eigenvalue weighted by molar-refractivity contribution is 6.84. The molecule has 0 aliphatic rings. The summed E-state index contributed by atoms with van der Waals surface area (Å²) in [6, 6.07) is 4.10.